The zero-order chi connectivity index (χ0) is 35.4. The molecule has 6 rings (SSSR count). The fraction of sp³-hybridized carbons (Fsp3) is 0.500. The Kier molecular flexibility index (Phi) is 10.7. The van der Waals surface area contributed by atoms with Gasteiger partial charge in [-0.1, -0.05) is 42.5 Å². The largest absolute Gasteiger partial charge is 0.484 e. The summed E-state index contributed by atoms with van der Waals surface area (Å²) in [5.41, 5.74) is 1.55. The van der Waals surface area contributed by atoms with Gasteiger partial charge in [0.25, 0.3) is 5.91 Å². The predicted molar refractivity (Wildman–Crippen MR) is 179 cm³/mol. The topological polar surface area (TPSA) is 186 Å². The number of amides is 6. The highest BCUT2D eigenvalue weighted by atomic mass is 16.5. The third kappa shape index (κ3) is 8.59. The number of carbonyl (C=O) groups excluding carboxylic acids is 6. The maximum absolute atomic E-state index is 14.1. The molecule has 1 aliphatic carbocycles. The van der Waals surface area contributed by atoms with E-state index in [2.05, 4.69) is 21.3 Å². The molecule has 14 heteroatoms. The first kappa shape index (κ1) is 34.9. The third-order valence-corrected chi connectivity index (χ3v) is 9.73. The average Bonchev–Trinajstić information content (AvgIpc) is 3.65. The molecule has 2 bridgehead atoms. The van der Waals surface area contributed by atoms with Crippen molar-refractivity contribution in [1.82, 2.24) is 31.1 Å². The fourth-order valence-electron chi connectivity index (χ4n) is 6.87. The van der Waals surface area contributed by atoms with E-state index in [4.69, 9.17) is 4.74 Å². The van der Waals surface area contributed by atoms with Crippen LogP contribution in [0.4, 0.5) is 0 Å². The zero-order valence-electron chi connectivity index (χ0n) is 28.0. The van der Waals surface area contributed by atoms with E-state index in [1.165, 1.54) is 11.8 Å². The number of likely N-dealkylation sites (tertiary alicyclic amines) is 1. The first-order chi connectivity index (χ1) is 24.0. The van der Waals surface area contributed by atoms with Crippen molar-refractivity contribution in [3.8, 4) is 5.75 Å². The molecular formula is C36H44N6O8. The van der Waals surface area contributed by atoms with Crippen LogP contribution in [-0.2, 0) is 35.2 Å². The number of carbonyl (C=O) groups is 6. The van der Waals surface area contributed by atoms with Crippen LogP contribution in [0.25, 0.3) is 0 Å². The minimum Gasteiger partial charge on any atom is -0.484 e. The maximum Gasteiger partial charge on any atom is 0.258 e. The van der Waals surface area contributed by atoms with Gasteiger partial charge in [-0.2, -0.15) is 0 Å². The summed E-state index contributed by atoms with van der Waals surface area (Å²) in [7, 11) is 0. The second kappa shape index (κ2) is 15.3. The Morgan fingerprint density at radius 2 is 1.68 bits per heavy atom. The molecule has 1 saturated carbocycles. The number of nitrogens with one attached hydrogen (secondary N) is 4. The van der Waals surface area contributed by atoms with E-state index >= 15 is 0 Å². The molecule has 6 atom stereocenters. The van der Waals surface area contributed by atoms with Crippen molar-refractivity contribution in [3.63, 3.8) is 0 Å². The minimum absolute atomic E-state index is 0.165. The Balaban J connectivity index is 1.32. The number of fused-ring (bicyclic) bond motifs is 4. The lowest BCUT2D eigenvalue weighted by molar-refractivity contribution is -0.143. The van der Waals surface area contributed by atoms with Crippen molar-refractivity contribution in [2.24, 2.45) is 5.92 Å². The molecule has 3 fully saturated rings. The van der Waals surface area contributed by atoms with Crippen molar-refractivity contribution in [3.05, 3.63) is 65.7 Å². The third-order valence-electron chi connectivity index (χ3n) is 9.73. The van der Waals surface area contributed by atoms with Gasteiger partial charge in [0, 0.05) is 38.4 Å². The summed E-state index contributed by atoms with van der Waals surface area (Å²) in [5.74, 6) is -2.51. The van der Waals surface area contributed by atoms with Crippen LogP contribution in [0.2, 0.25) is 0 Å². The Labute approximate surface area is 290 Å². The summed E-state index contributed by atoms with van der Waals surface area (Å²) in [4.78, 5) is 82.9. The Morgan fingerprint density at radius 3 is 2.38 bits per heavy atom. The lowest BCUT2D eigenvalue weighted by Gasteiger charge is -2.30. The molecule has 2 aromatic rings. The average molecular weight is 689 g/mol. The predicted octanol–water partition coefficient (Wildman–Crippen LogP) is -0.400. The number of rotatable bonds is 6. The van der Waals surface area contributed by atoms with Crippen LogP contribution in [0.15, 0.2) is 54.6 Å². The van der Waals surface area contributed by atoms with Crippen LogP contribution in [0, 0.1) is 5.92 Å². The summed E-state index contributed by atoms with van der Waals surface area (Å²) in [6.07, 6.45) is 1.34. The molecule has 266 valence electrons. The number of hydrogen-bond donors (Lipinski definition) is 5. The van der Waals surface area contributed by atoms with Crippen LogP contribution in [0.5, 0.6) is 5.75 Å². The first-order valence-electron chi connectivity index (χ1n) is 17.2. The molecule has 5 N–H and O–H groups in total. The van der Waals surface area contributed by atoms with E-state index in [9.17, 15) is 33.9 Å². The van der Waals surface area contributed by atoms with Gasteiger partial charge >= 0.3 is 0 Å². The van der Waals surface area contributed by atoms with E-state index in [0.29, 0.717) is 12.2 Å². The van der Waals surface area contributed by atoms with Gasteiger partial charge in [0.15, 0.2) is 6.61 Å². The van der Waals surface area contributed by atoms with Crippen LogP contribution in [0.1, 0.15) is 49.7 Å². The Bertz CT molecular complexity index is 1610. The molecule has 6 amide bonds. The van der Waals surface area contributed by atoms with Crippen molar-refractivity contribution in [2.45, 2.75) is 75.2 Å². The van der Waals surface area contributed by atoms with Crippen LogP contribution < -0.4 is 26.0 Å². The van der Waals surface area contributed by atoms with Gasteiger partial charge in [-0.3, -0.25) is 28.8 Å². The van der Waals surface area contributed by atoms with Crippen LogP contribution in [-0.4, -0.2) is 113 Å². The van der Waals surface area contributed by atoms with Gasteiger partial charge in [-0.05, 0) is 55.4 Å². The lowest BCUT2D eigenvalue weighted by Crippen LogP contribution is -2.58. The summed E-state index contributed by atoms with van der Waals surface area (Å²) in [6.45, 7) is 1.26. The van der Waals surface area contributed by atoms with E-state index in [0.717, 1.165) is 24.0 Å². The molecule has 0 radical (unpaired) electrons. The molecule has 14 nitrogen and oxygen atoms in total. The van der Waals surface area contributed by atoms with Gasteiger partial charge in [0.2, 0.25) is 29.5 Å². The van der Waals surface area contributed by atoms with Crippen molar-refractivity contribution in [1.29, 1.82) is 0 Å². The fourth-order valence-corrected chi connectivity index (χ4v) is 6.87. The molecule has 2 aromatic carbocycles. The Hall–Kier alpha value is -4.98. The summed E-state index contributed by atoms with van der Waals surface area (Å²) < 4.78 is 5.81. The monoisotopic (exact) mass is 688 g/mol. The van der Waals surface area contributed by atoms with Crippen molar-refractivity contribution in [2.75, 3.05) is 32.8 Å². The number of aliphatic hydroxyl groups excluding tert-OH is 1. The van der Waals surface area contributed by atoms with Gasteiger partial charge in [0.05, 0.1) is 18.7 Å². The smallest absolute Gasteiger partial charge is 0.258 e. The molecule has 50 heavy (non-hydrogen) atoms. The molecule has 3 aliphatic heterocycles. The SMILES string of the molecule is C[C@@H](O)[C@@H]1NC(=O)COc2cccc(c2)[C@H]2CN(C(=O)[C@H]3CCC(=O)N3)C[C@@H]2NC(=O)[C@H](Cc2ccccc2)NC(=O)CN(CC2CC2)C1=O. The second-order valence-corrected chi connectivity index (χ2v) is 13.7. The van der Waals surface area contributed by atoms with Crippen LogP contribution >= 0.6 is 0 Å². The molecular weight excluding hydrogens is 644 g/mol. The number of ether oxygens (including phenoxy) is 1. The summed E-state index contributed by atoms with van der Waals surface area (Å²) >= 11 is 0. The first-order valence-corrected chi connectivity index (χ1v) is 17.2. The minimum atomic E-state index is -1.32. The zero-order valence-corrected chi connectivity index (χ0v) is 28.0. The molecule has 4 aliphatic rings. The van der Waals surface area contributed by atoms with Crippen LogP contribution in [0.3, 0.4) is 0 Å². The number of benzene rings is 2. The quantitative estimate of drug-likeness (QED) is 0.271. The van der Waals surface area contributed by atoms with Gasteiger partial charge in [-0.25, -0.2) is 0 Å². The summed E-state index contributed by atoms with van der Waals surface area (Å²) in [5, 5.41) is 21.8. The molecule has 0 aromatic heterocycles. The normalized spacial score (nSPS) is 27.2. The maximum atomic E-state index is 14.1. The molecule has 0 unspecified atom stereocenters. The van der Waals surface area contributed by atoms with Gasteiger partial charge in [0.1, 0.15) is 23.9 Å². The highest BCUT2D eigenvalue weighted by Crippen LogP contribution is 2.32. The van der Waals surface area contributed by atoms with E-state index in [-0.39, 0.29) is 62.7 Å². The lowest BCUT2D eigenvalue weighted by atomic mass is 9.93. The van der Waals surface area contributed by atoms with Gasteiger partial charge < -0.3 is 40.9 Å². The van der Waals surface area contributed by atoms with E-state index < -0.39 is 60.5 Å². The van der Waals surface area contributed by atoms with Crippen molar-refractivity contribution < 1.29 is 38.6 Å². The second-order valence-electron chi connectivity index (χ2n) is 13.7. The number of nitrogens with zero attached hydrogens (tertiary/aromatic N) is 2. The Morgan fingerprint density at radius 1 is 0.900 bits per heavy atom. The van der Waals surface area contributed by atoms with Crippen molar-refractivity contribution >= 4 is 35.4 Å². The standard InChI is InChI=1S/C36H44N6O8/c1-21(43)33-36(49)41(16-23-10-11-23)19-31(45)38-28(14-22-6-3-2-4-7-22)34(47)39-29-18-42(35(48)27-12-13-30(44)37-27)17-26(29)24-8-5-9-25(15-24)50-20-32(46)40-33/h2-9,15,21,23,26-29,33,43H,10-14,16-20H2,1H3,(H,37,44)(H,38,45)(H,39,47)(H,40,46)/t21-,26-,27-,28+,29+,33+/m1/s1. The van der Waals surface area contributed by atoms with E-state index in [1.807, 2.05) is 36.4 Å². The molecule has 3 heterocycles. The van der Waals surface area contributed by atoms with E-state index in [1.54, 1.807) is 23.1 Å². The highest BCUT2D eigenvalue weighted by molar-refractivity contribution is 5.94. The molecule has 2 saturated heterocycles. The highest BCUT2D eigenvalue weighted by Gasteiger charge is 2.42. The summed E-state index contributed by atoms with van der Waals surface area (Å²) in [6, 6.07) is 12.7. The number of aliphatic hydroxyl groups is 1. The molecule has 0 spiro atoms. The van der Waals surface area contributed by atoms with Gasteiger partial charge in [-0.15, -0.1) is 0 Å². The number of hydrogen-bond acceptors (Lipinski definition) is 8.